The second-order valence-corrected chi connectivity index (χ2v) is 14.0. The van der Waals surface area contributed by atoms with Gasteiger partial charge in [0.15, 0.2) is 11.0 Å². The molecule has 0 amide bonds. The summed E-state index contributed by atoms with van der Waals surface area (Å²) in [5.74, 6) is 1.25. The van der Waals surface area contributed by atoms with Crippen molar-refractivity contribution < 1.29 is 4.57 Å². The summed E-state index contributed by atoms with van der Waals surface area (Å²) in [5, 5.41) is 5.50. The van der Waals surface area contributed by atoms with Gasteiger partial charge in [-0.25, -0.2) is 4.57 Å². The molecule has 0 bridgehead atoms. The van der Waals surface area contributed by atoms with E-state index < -0.39 is 0 Å². The normalized spacial score (nSPS) is 13.8. The number of aryl methyl sites for hydroxylation is 4. The number of hydrogen-bond acceptors (Lipinski definition) is 0. The lowest BCUT2D eigenvalue weighted by Crippen LogP contribution is -2.50. The first-order valence-corrected chi connectivity index (χ1v) is 17.2. The van der Waals surface area contributed by atoms with Gasteiger partial charge in [-0.2, -0.15) is 4.57 Å². The number of allylic oxidation sites excluding steroid dienone is 5. The predicted molar refractivity (Wildman–Crippen MR) is 203 cm³/mol. The van der Waals surface area contributed by atoms with Gasteiger partial charge in [-0.05, 0) is 105 Å². The molecule has 0 aliphatic carbocycles. The van der Waals surface area contributed by atoms with Crippen LogP contribution in [0.1, 0.15) is 74.2 Å². The molecule has 0 fully saturated rings. The van der Waals surface area contributed by atoms with Gasteiger partial charge in [-0.15, -0.1) is 0 Å². The molecule has 1 aliphatic heterocycles. The first-order chi connectivity index (χ1) is 22.7. The number of aromatic nitrogens is 2. The smallest absolute Gasteiger partial charge is 0.221 e. The van der Waals surface area contributed by atoms with E-state index in [0.29, 0.717) is 0 Å². The van der Waals surface area contributed by atoms with Gasteiger partial charge in [0.25, 0.3) is 5.82 Å². The summed E-state index contributed by atoms with van der Waals surface area (Å²) in [6, 6.07) is 27.5. The van der Waals surface area contributed by atoms with E-state index in [1.165, 1.54) is 94.2 Å². The Balaban J connectivity index is 1.89. The van der Waals surface area contributed by atoms with Crippen LogP contribution in [0.2, 0.25) is 0 Å². The molecule has 2 nitrogen and oxygen atoms in total. The van der Waals surface area contributed by atoms with E-state index in [2.05, 4.69) is 156 Å². The second-order valence-electron chi connectivity index (χ2n) is 14.0. The molecule has 2 heterocycles. The van der Waals surface area contributed by atoms with E-state index in [1.807, 2.05) is 6.08 Å². The number of rotatable bonds is 7. The lowest BCUT2D eigenvalue weighted by molar-refractivity contribution is -0.683. The quantitative estimate of drug-likeness (QED) is 0.0960. The number of imidazole rings is 1. The second kappa shape index (κ2) is 11.5. The summed E-state index contributed by atoms with van der Waals surface area (Å²) in [7, 11) is 0. The van der Waals surface area contributed by atoms with E-state index in [-0.39, 0.29) is 5.41 Å². The molecule has 6 aromatic rings. The highest BCUT2D eigenvalue weighted by Gasteiger charge is 2.44. The fourth-order valence-electron chi connectivity index (χ4n) is 8.54. The van der Waals surface area contributed by atoms with Crippen LogP contribution in [-0.4, -0.2) is 4.57 Å². The Morgan fingerprint density at radius 1 is 0.809 bits per heavy atom. The van der Waals surface area contributed by atoms with Gasteiger partial charge in [0.05, 0.1) is 5.57 Å². The molecule has 236 valence electrons. The number of fused-ring (bicyclic) bond motifs is 3. The zero-order chi connectivity index (χ0) is 33.2. The third kappa shape index (κ3) is 4.48. The number of nitrogens with zero attached hydrogens (tertiary/aromatic N) is 2. The molecule has 0 atom stereocenters. The van der Waals surface area contributed by atoms with Crippen LogP contribution in [0.3, 0.4) is 0 Å². The highest BCUT2D eigenvalue weighted by atomic mass is 15.2. The van der Waals surface area contributed by atoms with Crippen LogP contribution >= 0.6 is 0 Å². The zero-order valence-corrected chi connectivity index (χ0v) is 29.4. The molecule has 1 aromatic heterocycles. The van der Waals surface area contributed by atoms with E-state index in [1.54, 1.807) is 0 Å². The summed E-state index contributed by atoms with van der Waals surface area (Å²) in [6.07, 6.45) is 8.40. The van der Waals surface area contributed by atoms with Gasteiger partial charge in [0.2, 0.25) is 0 Å². The largest absolute Gasteiger partial charge is 0.295 e. The average molecular weight is 616 g/mol. The molecule has 0 radical (unpaired) electrons. The van der Waals surface area contributed by atoms with Crippen LogP contribution in [0.4, 0.5) is 0 Å². The number of benzene rings is 5. The van der Waals surface area contributed by atoms with Crippen LogP contribution in [0, 0.1) is 27.7 Å². The Hall–Kier alpha value is -4.69. The standard InChI is InChI=1S/C45H47N2/c1-10-13-20-33(28(4)5)44-46-27-45(11-2,12-3)37-24-23-35(34-21-16-14-18-30(34)7)40-36-26-29(6)25-32(9)39(36)43(42(46)41(37)40)47(44)38-22-17-15-19-31(38)8/h10,13-26H,1,11-12,27H2,2-9H3/q+1/b20-13-. The maximum Gasteiger partial charge on any atom is 0.295 e. The van der Waals surface area contributed by atoms with E-state index in [0.717, 1.165) is 19.4 Å². The molecule has 0 saturated carbocycles. The Kier molecular flexibility index (Phi) is 7.59. The van der Waals surface area contributed by atoms with Crippen molar-refractivity contribution in [1.82, 2.24) is 4.57 Å². The van der Waals surface area contributed by atoms with Crippen molar-refractivity contribution in [2.75, 3.05) is 0 Å². The Bertz CT molecular complexity index is 2310. The van der Waals surface area contributed by atoms with Crippen LogP contribution in [0.15, 0.2) is 103 Å². The third-order valence-electron chi connectivity index (χ3n) is 11.0. The van der Waals surface area contributed by atoms with E-state index in [4.69, 9.17) is 0 Å². The Morgan fingerprint density at radius 3 is 2.17 bits per heavy atom. The van der Waals surface area contributed by atoms with Crippen LogP contribution in [0.25, 0.3) is 55.0 Å². The molecule has 7 rings (SSSR count). The summed E-state index contributed by atoms with van der Waals surface area (Å²) >= 11 is 0. The third-order valence-corrected chi connectivity index (χ3v) is 11.0. The molecule has 5 aromatic carbocycles. The fourth-order valence-corrected chi connectivity index (χ4v) is 8.54. The highest BCUT2D eigenvalue weighted by molar-refractivity contribution is 6.28. The van der Waals surface area contributed by atoms with Crippen molar-refractivity contribution in [3.8, 4) is 16.8 Å². The number of para-hydroxylation sites is 1. The molecule has 0 N–H and O–H groups in total. The van der Waals surface area contributed by atoms with Crippen LogP contribution in [-0.2, 0) is 12.0 Å². The monoisotopic (exact) mass is 615 g/mol. The van der Waals surface area contributed by atoms with E-state index >= 15 is 0 Å². The maximum absolute atomic E-state index is 4.05. The Labute approximate surface area is 280 Å². The SMILES string of the molecule is C=C/C=C\C(=C(C)C)c1n(-c2ccccc2C)c2c3c(C)cc(C)cc3c3c(-c4ccccc4C)ccc4c3c2[n+]1CC4(CC)CC. The van der Waals surface area contributed by atoms with Crippen molar-refractivity contribution in [2.24, 2.45) is 0 Å². The molecule has 47 heavy (non-hydrogen) atoms. The summed E-state index contributed by atoms with van der Waals surface area (Å²) in [5.41, 5.74) is 15.7. The van der Waals surface area contributed by atoms with Gasteiger partial charge in [-0.3, -0.25) is 0 Å². The van der Waals surface area contributed by atoms with Crippen molar-refractivity contribution in [3.63, 3.8) is 0 Å². The molecular weight excluding hydrogens is 569 g/mol. The topological polar surface area (TPSA) is 8.81 Å². The molecular formula is C45H47N2+. The first kappa shape index (κ1) is 30.9. The molecule has 0 unspecified atom stereocenters. The summed E-state index contributed by atoms with van der Waals surface area (Å²) in [4.78, 5) is 0. The van der Waals surface area contributed by atoms with E-state index in [9.17, 15) is 0 Å². The van der Waals surface area contributed by atoms with Gasteiger partial charge in [0, 0.05) is 21.6 Å². The van der Waals surface area contributed by atoms with Crippen LogP contribution < -0.4 is 4.57 Å². The van der Waals surface area contributed by atoms with Gasteiger partial charge >= 0.3 is 0 Å². The minimum Gasteiger partial charge on any atom is -0.221 e. The molecule has 0 spiro atoms. The lowest BCUT2D eigenvalue weighted by Gasteiger charge is -2.36. The first-order valence-electron chi connectivity index (χ1n) is 17.2. The predicted octanol–water partition coefficient (Wildman–Crippen LogP) is 11.7. The zero-order valence-electron chi connectivity index (χ0n) is 29.4. The maximum atomic E-state index is 4.05. The van der Waals surface area contributed by atoms with Crippen LogP contribution in [0.5, 0.6) is 0 Å². The highest BCUT2D eigenvalue weighted by Crippen LogP contribution is 2.50. The fraction of sp³-hybridized carbons (Fsp3) is 0.267. The van der Waals surface area contributed by atoms with Gasteiger partial charge in [-0.1, -0.05) is 110 Å². The minimum atomic E-state index is 0.00122. The number of hydrogen-bond donors (Lipinski definition) is 0. The molecule has 2 heteroatoms. The molecule has 0 saturated heterocycles. The average Bonchev–Trinajstić information content (AvgIpc) is 3.38. The Morgan fingerprint density at radius 2 is 1.51 bits per heavy atom. The van der Waals surface area contributed by atoms with Crippen molar-refractivity contribution in [2.45, 2.75) is 80.2 Å². The van der Waals surface area contributed by atoms with Crippen molar-refractivity contribution >= 4 is 38.2 Å². The van der Waals surface area contributed by atoms with Crippen molar-refractivity contribution in [3.05, 3.63) is 137 Å². The summed E-state index contributed by atoms with van der Waals surface area (Å²) < 4.78 is 5.32. The van der Waals surface area contributed by atoms with Gasteiger partial charge < -0.3 is 0 Å². The minimum absolute atomic E-state index is 0.00122. The van der Waals surface area contributed by atoms with Gasteiger partial charge in [0.1, 0.15) is 12.2 Å². The molecule has 1 aliphatic rings. The van der Waals surface area contributed by atoms with Crippen molar-refractivity contribution in [1.29, 1.82) is 0 Å². The lowest BCUT2D eigenvalue weighted by atomic mass is 9.70. The summed E-state index contributed by atoms with van der Waals surface area (Å²) in [6.45, 7) is 23.3.